The molecule has 1 aliphatic heterocycles. The molecule has 4 aromatic rings. The van der Waals surface area contributed by atoms with E-state index in [-0.39, 0.29) is 12.2 Å². The van der Waals surface area contributed by atoms with Crippen molar-refractivity contribution in [2.24, 2.45) is 4.99 Å². The van der Waals surface area contributed by atoms with E-state index < -0.39 is 12.0 Å². The van der Waals surface area contributed by atoms with Crippen molar-refractivity contribution in [2.45, 2.75) is 33.4 Å². The molecule has 41 heavy (non-hydrogen) atoms. The van der Waals surface area contributed by atoms with Gasteiger partial charge in [0.2, 0.25) is 0 Å². The first-order valence-electron chi connectivity index (χ1n) is 13.3. The van der Waals surface area contributed by atoms with Gasteiger partial charge >= 0.3 is 5.97 Å². The molecule has 0 saturated heterocycles. The SMILES string of the molecule is CCOC(=O)C1=C(C)N=c2s/c(=C/c3ccc(OCc4ccccc4)c(OCC)c3)c(=O)n2C1c1ccc(Cl)cc1. The summed E-state index contributed by atoms with van der Waals surface area (Å²) in [5, 5.41) is 0.556. The van der Waals surface area contributed by atoms with Crippen LogP contribution in [0.3, 0.4) is 0 Å². The van der Waals surface area contributed by atoms with Crippen molar-refractivity contribution in [2.75, 3.05) is 13.2 Å². The molecule has 1 unspecified atom stereocenters. The topological polar surface area (TPSA) is 79.1 Å². The van der Waals surface area contributed by atoms with Gasteiger partial charge in [-0.2, -0.15) is 0 Å². The Hall–Kier alpha value is -4.14. The van der Waals surface area contributed by atoms with Crippen LogP contribution in [-0.4, -0.2) is 23.8 Å². The van der Waals surface area contributed by atoms with Crippen LogP contribution in [-0.2, 0) is 16.1 Å². The molecule has 0 spiro atoms. The number of hydrogen-bond donors (Lipinski definition) is 0. The number of esters is 1. The van der Waals surface area contributed by atoms with Gasteiger partial charge in [0.1, 0.15) is 6.61 Å². The van der Waals surface area contributed by atoms with Crippen LogP contribution in [0.15, 0.2) is 93.9 Å². The molecule has 0 aliphatic carbocycles. The van der Waals surface area contributed by atoms with Gasteiger partial charge in [-0.3, -0.25) is 9.36 Å². The summed E-state index contributed by atoms with van der Waals surface area (Å²) in [7, 11) is 0. The van der Waals surface area contributed by atoms with Crippen molar-refractivity contribution in [3.63, 3.8) is 0 Å². The maximum Gasteiger partial charge on any atom is 0.338 e. The second-order valence-electron chi connectivity index (χ2n) is 9.27. The summed E-state index contributed by atoms with van der Waals surface area (Å²) in [6, 6.07) is 21.9. The van der Waals surface area contributed by atoms with Crippen LogP contribution in [0, 0.1) is 0 Å². The lowest BCUT2D eigenvalue weighted by atomic mass is 9.96. The number of nitrogens with zero attached hydrogens (tertiary/aromatic N) is 2. The van der Waals surface area contributed by atoms with Crippen LogP contribution >= 0.6 is 22.9 Å². The van der Waals surface area contributed by atoms with E-state index in [0.717, 1.165) is 16.7 Å². The van der Waals surface area contributed by atoms with Crippen molar-refractivity contribution in [3.05, 3.63) is 125 Å². The van der Waals surface area contributed by atoms with Gasteiger partial charge in [-0.1, -0.05) is 71.5 Å². The van der Waals surface area contributed by atoms with Gasteiger partial charge < -0.3 is 14.2 Å². The van der Waals surface area contributed by atoms with Gasteiger partial charge in [0.05, 0.1) is 35.1 Å². The van der Waals surface area contributed by atoms with Gasteiger partial charge in [-0.05, 0) is 67.8 Å². The van der Waals surface area contributed by atoms with Gasteiger partial charge in [0, 0.05) is 5.02 Å². The molecule has 3 aromatic carbocycles. The summed E-state index contributed by atoms with van der Waals surface area (Å²) in [5.74, 6) is 0.701. The highest BCUT2D eigenvalue weighted by Gasteiger charge is 2.33. The molecule has 0 fully saturated rings. The van der Waals surface area contributed by atoms with Crippen LogP contribution in [0.1, 0.15) is 43.5 Å². The lowest BCUT2D eigenvalue weighted by molar-refractivity contribution is -0.139. The number of carbonyl (C=O) groups excluding carboxylic acids is 1. The number of rotatable bonds is 9. The van der Waals surface area contributed by atoms with Crippen molar-refractivity contribution >= 4 is 35.0 Å². The van der Waals surface area contributed by atoms with Crippen LogP contribution in [0.5, 0.6) is 11.5 Å². The fraction of sp³-hybridized carbons (Fsp3) is 0.219. The minimum Gasteiger partial charge on any atom is -0.490 e. The summed E-state index contributed by atoms with van der Waals surface area (Å²) in [6.07, 6.45) is 1.80. The summed E-state index contributed by atoms with van der Waals surface area (Å²) in [5.41, 5.74) is 3.13. The van der Waals surface area contributed by atoms with Crippen LogP contribution in [0.2, 0.25) is 5.02 Å². The Morgan fingerprint density at radius 1 is 1.00 bits per heavy atom. The van der Waals surface area contributed by atoms with Gasteiger partial charge in [0.25, 0.3) is 5.56 Å². The zero-order valence-corrected chi connectivity index (χ0v) is 24.5. The molecule has 2 heterocycles. The summed E-state index contributed by atoms with van der Waals surface area (Å²) in [6.45, 7) is 6.49. The fourth-order valence-corrected chi connectivity index (χ4v) is 5.81. The fourth-order valence-electron chi connectivity index (χ4n) is 4.64. The number of aromatic nitrogens is 1. The molecule has 0 bridgehead atoms. The molecule has 0 radical (unpaired) electrons. The third-order valence-corrected chi connectivity index (χ3v) is 7.74. The molecule has 5 rings (SSSR count). The van der Waals surface area contributed by atoms with Gasteiger partial charge in [-0.25, -0.2) is 9.79 Å². The maximum atomic E-state index is 13.9. The van der Waals surface area contributed by atoms with E-state index in [1.165, 1.54) is 11.3 Å². The van der Waals surface area contributed by atoms with Crippen LogP contribution < -0.4 is 24.4 Å². The molecule has 1 aliphatic rings. The smallest absolute Gasteiger partial charge is 0.338 e. The molecule has 0 amide bonds. The maximum absolute atomic E-state index is 13.9. The number of benzene rings is 3. The first-order valence-corrected chi connectivity index (χ1v) is 14.5. The molecule has 7 nitrogen and oxygen atoms in total. The van der Waals surface area contributed by atoms with Crippen molar-refractivity contribution in [3.8, 4) is 11.5 Å². The Morgan fingerprint density at radius 2 is 1.76 bits per heavy atom. The normalized spacial score (nSPS) is 14.8. The minimum atomic E-state index is -0.697. The second-order valence-corrected chi connectivity index (χ2v) is 10.7. The lowest BCUT2D eigenvalue weighted by Crippen LogP contribution is -2.39. The number of thiazole rings is 1. The average molecular weight is 589 g/mol. The zero-order valence-electron chi connectivity index (χ0n) is 22.9. The minimum absolute atomic E-state index is 0.209. The lowest BCUT2D eigenvalue weighted by Gasteiger charge is -2.24. The van der Waals surface area contributed by atoms with E-state index in [1.54, 1.807) is 36.6 Å². The molecule has 210 valence electrons. The summed E-state index contributed by atoms with van der Waals surface area (Å²) in [4.78, 5) is 32.0. The first kappa shape index (κ1) is 28.4. The Bertz CT molecular complexity index is 1780. The highest BCUT2D eigenvalue weighted by atomic mass is 35.5. The molecular formula is C32H29ClN2O5S. The van der Waals surface area contributed by atoms with E-state index in [2.05, 4.69) is 4.99 Å². The average Bonchev–Trinajstić information content (AvgIpc) is 3.27. The summed E-state index contributed by atoms with van der Waals surface area (Å²) >= 11 is 7.40. The number of fused-ring (bicyclic) bond motifs is 1. The number of halogens is 1. The van der Waals surface area contributed by atoms with Crippen molar-refractivity contribution in [1.82, 2.24) is 4.57 Å². The van der Waals surface area contributed by atoms with Crippen molar-refractivity contribution in [1.29, 1.82) is 0 Å². The number of ether oxygens (including phenoxy) is 3. The molecule has 0 N–H and O–H groups in total. The quantitative estimate of drug-likeness (QED) is 0.244. The number of carbonyl (C=O) groups is 1. The monoisotopic (exact) mass is 588 g/mol. The molecule has 9 heteroatoms. The highest BCUT2D eigenvalue weighted by Crippen LogP contribution is 2.32. The van der Waals surface area contributed by atoms with Gasteiger partial charge in [-0.15, -0.1) is 0 Å². The Balaban J connectivity index is 1.56. The zero-order chi connectivity index (χ0) is 28.9. The molecule has 0 saturated carbocycles. The Morgan fingerprint density at radius 3 is 2.46 bits per heavy atom. The van der Waals surface area contributed by atoms with E-state index in [1.807, 2.05) is 67.6 Å². The third-order valence-electron chi connectivity index (χ3n) is 6.51. The predicted molar refractivity (Wildman–Crippen MR) is 160 cm³/mol. The standard InChI is InChI=1S/C32H29ClN2O5S/c1-4-38-26-17-22(11-16-25(26)40-19-21-9-7-6-8-10-21)18-27-30(36)35-29(23-12-14-24(33)15-13-23)28(31(37)39-5-2)20(3)34-32(35)41-27/h6-18,29H,4-5,19H2,1-3H3/b27-18+. The van der Waals surface area contributed by atoms with Crippen LogP contribution in [0.4, 0.5) is 0 Å². The predicted octanol–water partition coefficient (Wildman–Crippen LogP) is 5.43. The largest absolute Gasteiger partial charge is 0.490 e. The van der Waals surface area contributed by atoms with Crippen molar-refractivity contribution < 1.29 is 19.0 Å². The molecule has 1 aromatic heterocycles. The van der Waals surface area contributed by atoms with E-state index in [0.29, 0.717) is 50.3 Å². The molecular weight excluding hydrogens is 560 g/mol. The van der Waals surface area contributed by atoms with Gasteiger partial charge in [0.15, 0.2) is 16.3 Å². The summed E-state index contributed by atoms with van der Waals surface area (Å²) < 4.78 is 19.3. The highest BCUT2D eigenvalue weighted by molar-refractivity contribution is 7.07. The molecule has 1 atom stereocenters. The van der Waals surface area contributed by atoms with E-state index in [9.17, 15) is 9.59 Å². The second kappa shape index (κ2) is 12.6. The number of hydrogen-bond acceptors (Lipinski definition) is 7. The third kappa shape index (κ3) is 6.14. The Labute approximate surface area is 246 Å². The van der Waals surface area contributed by atoms with E-state index in [4.69, 9.17) is 25.8 Å². The van der Waals surface area contributed by atoms with E-state index >= 15 is 0 Å². The van der Waals surface area contributed by atoms with Crippen LogP contribution in [0.25, 0.3) is 6.08 Å². The number of allylic oxidation sites excluding steroid dienone is 1. The first-order chi connectivity index (χ1) is 19.9. The Kier molecular flexibility index (Phi) is 8.71.